The van der Waals surface area contributed by atoms with Crippen LogP contribution in [0, 0.1) is 13.8 Å². The van der Waals surface area contributed by atoms with Crippen molar-refractivity contribution in [3.63, 3.8) is 0 Å². The van der Waals surface area contributed by atoms with Crippen LogP contribution in [0.2, 0.25) is 0 Å². The van der Waals surface area contributed by atoms with Gasteiger partial charge in [-0.15, -0.1) is 0 Å². The van der Waals surface area contributed by atoms with E-state index in [-0.39, 0.29) is 0 Å². The third-order valence-corrected chi connectivity index (χ3v) is 4.60. The van der Waals surface area contributed by atoms with Gasteiger partial charge in [-0.25, -0.2) is 9.59 Å². The van der Waals surface area contributed by atoms with Crippen LogP contribution in [0.25, 0.3) is 6.08 Å². The minimum atomic E-state index is -1.00. The lowest BCUT2D eigenvalue weighted by atomic mass is 10.2. The van der Waals surface area contributed by atoms with Crippen LogP contribution in [0.1, 0.15) is 42.8 Å². The van der Waals surface area contributed by atoms with Crippen molar-refractivity contribution in [2.75, 3.05) is 13.1 Å². The van der Waals surface area contributed by atoms with E-state index in [1.807, 2.05) is 13.0 Å². The number of imide groups is 1. The average Bonchev–Trinajstić information content (AvgIpc) is 3.23. The molecule has 0 unspecified atom stereocenters. The van der Waals surface area contributed by atoms with E-state index in [1.54, 1.807) is 6.08 Å². The predicted octanol–water partition coefficient (Wildman–Crippen LogP) is 1.94. The second-order valence-corrected chi connectivity index (χ2v) is 6.56. The number of urea groups is 1. The molecule has 2 aliphatic rings. The molecule has 1 saturated carbocycles. The number of nitrogens with one attached hydrogen (secondary N) is 1. The summed E-state index contributed by atoms with van der Waals surface area (Å²) in [7, 11) is 0. The van der Waals surface area contributed by atoms with Crippen LogP contribution in [0.15, 0.2) is 12.1 Å². The Balaban J connectivity index is 1.60. The lowest BCUT2D eigenvalue weighted by Gasteiger charge is -2.17. The van der Waals surface area contributed by atoms with Crippen LogP contribution in [0.5, 0.6) is 0 Å². The third-order valence-electron chi connectivity index (χ3n) is 4.60. The summed E-state index contributed by atoms with van der Waals surface area (Å²) in [4.78, 5) is 36.6. The SMILES string of the molecule is Cc1cc(/C=C/C(=O)O[C@H](C)C(=O)N2CCNC2=O)c(C)n1C1CC1. The van der Waals surface area contributed by atoms with Gasteiger partial charge in [-0.05, 0) is 51.3 Å². The number of ether oxygens (including phenoxy) is 1. The Morgan fingerprint density at radius 1 is 1.36 bits per heavy atom. The van der Waals surface area contributed by atoms with E-state index >= 15 is 0 Å². The van der Waals surface area contributed by atoms with Crippen molar-refractivity contribution in [3.05, 3.63) is 29.1 Å². The lowest BCUT2D eigenvalue weighted by Crippen LogP contribution is -2.41. The van der Waals surface area contributed by atoms with Crippen LogP contribution in [-0.2, 0) is 14.3 Å². The van der Waals surface area contributed by atoms with Gasteiger partial charge >= 0.3 is 12.0 Å². The fourth-order valence-corrected chi connectivity index (χ4v) is 3.19. The molecule has 1 aliphatic carbocycles. The highest BCUT2D eigenvalue weighted by atomic mass is 16.5. The third kappa shape index (κ3) is 3.60. The number of carbonyl (C=O) groups excluding carboxylic acids is 3. The zero-order chi connectivity index (χ0) is 18.1. The zero-order valence-electron chi connectivity index (χ0n) is 14.7. The summed E-state index contributed by atoms with van der Waals surface area (Å²) in [6.07, 6.45) is 4.44. The van der Waals surface area contributed by atoms with Gasteiger partial charge in [-0.1, -0.05) is 0 Å². The minimum absolute atomic E-state index is 0.294. The Kier molecular flexibility index (Phi) is 4.65. The molecule has 7 heteroatoms. The van der Waals surface area contributed by atoms with Crippen LogP contribution >= 0.6 is 0 Å². The number of nitrogens with zero attached hydrogens (tertiary/aromatic N) is 2. The second-order valence-electron chi connectivity index (χ2n) is 6.56. The second kappa shape index (κ2) is 6.74. The monoisotopic (exact) mass is 345 g/mol. The van der Waals surface area contributed by atoms with Gasteiger partial charge in [0.25, 0.3) is 5.91 Å². The fourth-order valence-electron chi connectivity index (χ4n) is 3.19. The van der Waals surface area contributed by atoms with Crippen molar-refractivity contribution < 1.29 is 19.1 Å². The maximum Gasteiger partial charge on any atom is 0.331 e. The maximum absolute atomic E-state index is 12.1. The maximum atomic E-state index is 12.1. The first-order valence-electron chi connectivity index (χ1n) is 8.55. The molecule has 1 aromatic rings. The first-order chi connectivity index (χ1) is 11.9. The van der Waals surface area contributed by atoms with Crippen LogP contribution in [-0.4, -0.2) is 46.6 Å². The Bertz CT molecular complexity index is 746. The molecular weight excluding hydrogens is 322 g/mol. The number of esters is 1. The molecule has 7 nitrogen and oxygen atoms in total. The Labute approximate surface area is 146 Å². The molecule has 1 aliphatic heterocycles. The van der Waals surface area contributed by atoms with E-state index < -0.39 is 24.0 Å². The van der Waals surface area contributed by atoms with Crippen molar-refractivity contribution in [1.82, 2.24) is 14.8 Å². The molecule has 2 fully saturated rings. The first-order valence-corrected chi connectivity index (χ1v) is 8.55. The van der Waals surface area contributed by atoms with E-state index in [0.29, 0.717) is 19.1 Å². The molecular formula is C18H23N3O4. The molecule has 1 atom stereocenters. The Hall–Kier alpha value is -2.57. The van der Waals surface area contributed by atoms with Crippen molar-refractivity contribution >= 4 is 24.0 Å². The largest absolute Gasteiger partial charge is 0.449 e. The lowest BCUT2D eigenvalue weighted by molar-refractivity contribution is -0.153. The van der Waals surface area contributed by atoms with Gasteiger partial charge in [0.1, 0.15) is 0 Å². The average molecular weight is 345 g/mol. The van der Waals surface area contributed by atoms with Gasteiger partial charge in [0.05, 0.1) is 0 Å². The van der Waals surface area contributed by atoms with E-state index in [0.717, 1.165) is 16.2 Å². The molecule has 134 valence electrons. The van der Waals surface area contributed by atoms with Crippen LogP contribution < -0.4 is 5.32 Å². The Morgan fingerprint density at radius 3 is 2.68 bits per heavy atom. The smallest absolute Gasteiger partial charge is 0.331 e. The van der Waals surface area contributed by atoms with E-state index in [2.05, 4.69) is 16.8 Å². The van der Waals surface area contributed by atoms with Crippen LogP contribution in [0.4, 0.5) is 4.79 Å². The van der Waals surface area contributed by atoms with Gasteiger partial charge in [0.2, 0.25) is 0 Å². The number of aryl methyl sites for hydroxylation is 1. The van der Waals surface area contributed by atoms with Gasteiger partial charge < -0.3 is 14.6 Å². The summed E-state index contributed by atoms with van der Waals surface area (Å²) >= 11 is 0. The number of hydrogen-bond acceptors (Lipinski definition) is 4. The molecule has 0 bridgehead atoms. The van der Waals surface area contributed by atoms with Crippen molar-refractivity contribution in [3.8, 4) is 0 Å². The summed E-state index contributed by atoms with van der Waals surface area (Å²) < 4.78 is 7.42. The quantitative estimate of drug-likeness (QED) is 0.653. The number of hydrogen-bond donors (Lipinski definition) is 1. The molecule has 3 amide bonds. The van der Waals surface area contributed by atoms with E-state index in [1.165, 1.54) is 31.5 Å². The molecule has 1 N–H and O–H groups in total. The number of amides is 3. The molecule has 3 rings (SSSR count). The highest BCUT2D eigenvalue weighted by Gasteiger charge is 2.31. The van der Waals surface area contributed by atoms with Gasteiger partial charge in [-0.2, -0.15) is 0 Å². The molecule has 0 radical (unpaired) electrons. The van der Waals surface area contributed by atoms with Crippen molar-refractivity contribution in [1.29, 1.82) is 0 Å². The topological polar surface area (TPSA) is 80.6 Å². The van der Waals surface area contributed by atoms with Crippen LogP contribution in [0.3, 0.4) is 0 Å². The molecule has 2 heterocycles. The highest BCUT2D eigenvalue weighted by molar-refractivity contribution is 5.99. The summed E-state index contributed by atoms with van der Waals surface area (Å²) in [5.41, 5.74) is 3.28. The molecule has 1 saturated heterocycles. The summed E-state index contributed by atoms with van der Waals surface area (Å²) in [5, 5.41) is 2.54. The van der Waals surface area contributed by atoms with E-state index in [9.17, 15) is 14.4 Å². The molecule has 1 aromatic heterocycles. The standard InChI is InChI=1S/C18H23N3O4/c1-11-10-14(12(2)21(11)15-5-6-15)4-7-16(22)25-13(3)17(23)20-9-8-19-18(20)24/h4,7,10,13,15H,5-6,8-9H2,1-3H3,(H,19,24)/b7-4+/t13-/m1/s1. The van der Waals surface area contributed by atoms with Gasteiger partial charge in [0, 0.05) is 36.6 Å². The first kappa shape index (κ1) is 17.3. The normalized spacial score (nSPS) is 18.5. The summed E-state index contributed by atoms with van der Waals surface area (Å²) in [6.45, 7) is 6.28. The highest BCUT2D eigenvalue weighted by Crippen LogP contribution is 2.38. The van der Waals surface area contributed by atoms with Gasteiger partial charge in [0.15, 0.2) is 6.10 Å². The summed E-state index contributed by atoms with van der Waals surface area (Å²) in [6, 6.07) is 2.18. The molecule has 0 spiro atoms. The number of carbonyl (C=O) groups is 3. The number of rotatable bonds is 5. The zero-order valence-corrected chi connectivity index (χ0v) is 14.7. The fraction of sp³-hybridized carbons (Fsp3) is 0.500. The number of aromatic nitrogens is 1. The predicted molar refractivity (Wildman–Crippen MR) is 91.9 cm³/mol. The Morgan fingerprint density at radius 2 is 2.08 bits per heavy atom. The molecule has 0 aromatic carbocycles. The van der Waals surface area contributed by atoms with Crippen molar-refractivity contribution in [2.24, 2.45) is 0 Å². The van der Waals surface area contributed by atoms with Gasteiger partial charge in [-0.3, -0.25) is 9.69 Å². The van der Waals surface area contributed by atoms with E-state index in [4.69, 9.17) is 4.74 Å². The summed E-state index contributed by atoms with van der Waals surface area (Å²) in [5.74, 6) is -1.11. The van der Waals surface area contributed by atoms with Crippen molar-refractivity contribution in [2.45, 2.75) is 45.8 Å². The minimum Gasteiger partial charge on any atom is -0.449 e. The molecule has 25 heavy (non-hydrogen) atoms.